The van der Waals surface area contributed by atoms with Gasteiger partial charge >= 0.3 is 12.0 Å². The molecule has 0 aliphatic heterocycles. The molecule has 0 spiro atoms. The molecule has 2 bridgehead atoms. The summed E-state index contributed by atoms with van der Waals surface area (Å²) < 4.78 is 0. The van der Waals surface area contributed by atoms with Crippen LogP contribution in [0.1, 0.15) is 83.5 Å². The Balaban J connectivity index is 1.57. The number of nitrogens with one attached hydrogen (secondary N) is 3. The Morgan fingerprint density at radius 3 is 2.29 bits per heavy atom. The second kappa shape index (κ2) is 11.7. The van der Waals surface area contributed by atoms with Crippen LogP contribution in [0.2, 0.25) is 0 Å². The summed E-state index contributed by atoms with van der Waals surface area (Å²) in [6.07, 6.45) is 12.7. The monoisotopic (exact) mass is 436 g/mol. The van der Waals surface area contributed by atoms with Crippen molar-refractivity contribution in [1.82, 2.24) is 16.0 Å². The van der Waals surface area contributed by atoms with Gasteiger partial charge in [0.2, 0.25) is 5.91 Å². The molecule has 6 N–H and O–H groups in total. The van der Waals surface area contributed by atoms with Gasteiger partial charge in [0.1, 0.15) is 12.1 Å². The molecule has 0 saturated heterocycles. The van der Waals surface area contributed by atoms with Crippen LogP contribution in [0.4, 0.5) is 4.79 Å². The van der Waals surface area contributed by atoms with Crippen LogP contribution in [-0.4, -0.2) is 47.7 Å². The first-order chi connectivity index (χ1) is 15.0. The smallest absolute Gasteiger partial charge is 0.326 e. The summed E-state index contributed by atoms with van der Waals surface area (Å²) in [4.78, 5) is 37.3. The Kier molecular flexibility index (Phi) is 8.99. The van der Waals surface area contributed by atoms with Crippen LogP contribution < -0.4 is 21.7 Å². The fourth-order valence-electron chi connectivity index (χ4n) is 5.80. The fraction of sp³-hybridized carbons (Fsp3) is 0.870. The number of unbranched alkanes of at least 4 members (excludes halogenated alkanes) is 1. The molecule has 0 heterocycles. The lowest BCUT2D eigenvalue weighted by Gasteiger charge is -2.29. The van der Waals surface area contributed by atoms with Gasteiger partial charge in [0, 0.05) is 6.04 Å². The van der Waals surface area contributed by atoms with Crippen molar-refractivity contribution in [3.05, 3.63) is 0 Å². The third kappa shape index (κ3) is 7.09. The van der Waals surface area contributed by atoms with Crippen LogP contribution in [0.5, 0.6) is 0 Å². The van der Waals surface area contributed by atoms with Crippen molar-refractivity contribution in [1.29, 1.82) is 0 Å². The van der Waals surface area contributed by atoms with Gasteiger partial charge < -0.3 is 26.8 Å². The molecule has 5 atom stereocenters. The normalized spacial score (nSPS) is 27.5. The van der Waals surface area contributed by atoms with Gasteiger partial charge in [-0.05, 0) is 69.2 Å². The molecule has 3 amide bonds. The maximum absolute atomic E-state index is 13.1. The molecule has 3 fully saturated rings. The van der Waals surface area contributed by atoms with Crippen molar-refractivity contribution in [3.63, 3.8) is 0 Å². The number of rotatable bonds is 11. The van der Waals surface area contributed by atoms with E-state index in [9.17, 15) is 19.5 Å². The number of carboxylic acids is 1. The number of hydrogen-bond acceptors (Lipinski definition) is 4. The van der Waals surface area contributed by atoms with Gasteiger partial charge in [-0.25, -0.2) is 9.59 Å². The van der Waals surface area contributed by atoms with Crippen molar-refractivity contribution in [2.45, 2.75) is 102 Å². The van der Waals surface area contributed by atoms with E-state index in [0.29, 0.717) is 44.1 Å². The van der Waals surface area contributed by atoms with E-state index in [0.717, 1.165) is 25.2 Å². The predicted molar refractivity (Wildman–Crippen MR) is 118 cm³/mol. The third-order valence-corrected chi connectivity index (χ3v) is 7.53. The maximum atomic E-state index is 13.1. The standard InChI is InChI=1S/C23H40N4O4/c24-11-5-4-8-18(22(29)30)26-23(31)27-20(13-15-6-2-1-3-7-15)21(28)25-19-14-16-9-10-17(19)12-16/h15-20H,1-14,24H2,(H,25,28)(H,29,30)(H2,26,27,31)/t16-,17+,18-,19-,20+/m0/s1. The van der Waals surface area contributed by atoms with Crippen LogP contribution in [0.15, 0.2) is 0 Å². The molecule has 8 heteroatoms. The Morgan fingerprint density at radius 1 is 0.935 bits per heavy atom. The zero-order valence-electron chi connectivity index (χ0n) is 18.6. The number of nitrogens with two attached hydrogens (primary N) is 1. The Morgan fingerprint density at radius 2 is 1.68 bits per heavy atom. The summed E-state index contributed by atoms with van der Waals surface area (Å²) in [5.74, 6) is 0.533. The van der Waals surface area contributed by atoms with Crippen molar-refractivity contribution in [3.8, 4) is 0 Å². The van der Waals surface area contributed by atoms with Gasteiger partial charge in [0.25, 0.3) is 0 Å². The first-order valence-corrected chi connectivity index (χ1v) is 12.3. The summed E-state index contributed by atoms with van der Waals surface area (Å²) in [6.45, 7) is 0.491. The SMILES string of the molecule is NCCCC[C@H](NC(=O)N[C@H](CC1CCCCC1)C(=O)N[C@H]1C[C@H]2CC[C@@H]1C2)C(=O)O. The van der Waals surface area contributed by atoms with E-state index in [4.69, 9.17) is 5.73 Å². The van der Waals surface area contributed by atoms with E-state index in [1.807, 2.05) is 0 Å². The zero-order valence-corrected chi connectivity index (χ0v) is 18.6. The number of carbonyl (C=O) groups is 3. The fourth-order valence-corrected chi connectivity index (χ4v) is 5.80. The van der Waals surface area contributed by atoms with Crippen molar-refractivity contribution in [2.24, 2.45) is 23.5 Å². The lowest BCUT2D eigenvalue weighted by atomic mass is 9.84. The van der Waals surface area contributed by atoms with Crippen molar-refractivity contribution in [2.75, 3.05) is 6.54 Å². The van der Waals surface area contributed by atoms with E-state index in [1.165, 1.54) is 38.5 Å². The molecule has 176 valence electrons. The van der Waals surface area contributed by atoms with Gasteiger partial charge in [0.15, 0.2) is 0 Å². The van der Waals surface area contributed by atoms with E-state index >= 15 is 0 Å². The third-order valence-electron chi connectivity index (χ3n) is 7.53. The molecule has 3 rings (SSSR count). The summed E-state index contributed by atoms with van der Waals surface area (Å²) >= 11 is 0. The van der Waals surface area contributed by atoms with Gasteiger partial charge in [-0.1, -0.05) is 38.5 Å². The van der Waals surface area contributed by atoms with E-state index in [-0.39, 0.29) is 11.9 Å². The molecule has 0 aromatic carbocycles. The quantitative estimate of drug-likeness (QED) is 0.317. The number of fused-ring (bicyclic) bond motifs is 2. The van der Waals surface area contributed by atoms with Gasteiger partial charge in [-0.15, -0.1) is 0 Å². The Bertz CT molecular complexity index is 623. The number of aliphatic carboxylic acids is 1. The van der Waals surface area contributed by atoms with Crippen LogP contribution in [0.25, 0.3) is 0 Å². The van der Waals surface area contributed by atoms with E-state index < -0.39 is 24.1 Å². The molecule has 8 nitrogen and oxygen atoms in total. The highest BCUT2D eigenvalue weighted by Crippen LogP contribution is 2.44. The lowest BCUT2D eigenvalue weighted by Crippen LogP contribution is -2.55. The minimum absolute atomic E-state index is 0.117. The van der Waals surface area contributed by atoms with Crippen molar-refractivity contribution < 1.29 is 19.5 Å². The highest BCUT2D eigenvalue weighted by Gasteiger charge is 2.41. The molecule has 3 saturated carbocycles. The second-order valence-corrected chi connectivity index (χ2v) is 9.88. The zero-order chi connectivity index (χ0) is 22.2. The maximum Gasteiger partial charge on any atom is 0.326 e. The molecular weight excluding hydrogens is 396 g/mol. The number of carboxylic acid groups (broad SMARTS) is 1. The Hall–Kier alpha value is -1.83. The molecule has 3 aliphatic rings. The highest BCUT2D eigenvalue weighted by atomic mass is 16.4. The first-order valence-electron chi connectivity index (χ1n) is 12.3. The number of urea groups is 1. The van der Waals surface area contributed by atoms with E-state index in [2.05, 4.69) is 16.0 Å². The topological polar surface area (TPSA) is 134 Å². The summed E-state index contributed by atoms with van der Waals surface area (Å²) in [7, 11) is 0. The second-order valence-electron chi connectivity index (χ2n) is 9.88. The van der Waals surface area contributed by atoms with Crippen LogP contribution in [0, 0.1) is 17.8 Å². The van der Waals surface area contributed by atoms with Crippen molar-refractivity contribution >= 4 is 17.9 Å². The molecule has 3 aliphatic carbocycles. The largest absolute Gasteiger partial charge is 0.480 e. The summed E-state index contributed by atoms with van der Waals surface area (Å²) in [5, 5.41) is 18.0. The molecule has 0 unspecified atom stereocenters. The van der Waals surface area contributed by atoms with Crippen LogP contribution in [0.3, 0.4) is 0 Å². The molecule has 0 radical (unpaired) electrons. The number of hydrogen-bond donors (Lipinski definition) is 5. The average molecular weight is 437 g/mol. The molecular formula is C23H40N4O4. The minimum atomic E-state index is -1.07. The molecule has 0 aromatic heterocycles. The highest BCUT2D eigenvalue weighted by molar-refractivity contribution is 5.89. The Labute approximate surface area is 185 Å². The van der Waals surface area contributed by atoms with Crippen LogP contribution >= 0.6 is 0 Å². The van der Waals surface area contributed by atoms with E-state index in [1.54, 1.807) is 0 Å². The molecule has 0 aromatic rings. The average Bonchev–Trinajstić information content (AvgIpc) is 3.36. The first kappa shape index (κ1) is 23.8. The van der Waals surface area contributed by atoms with Gasteiger partial charge in [-0.3, -0.25) is 4.79 Å². The minimum Gasteiger partial charge on any atom is -0.480 e. The molecule has 31 heavy (non-hydrogen) atoms. The summed E-state index contributed by atoms with van der Waals surface area (Å²) in [6, 6.07) is -1.96. The lowest BCUT2D eigenvalue weighted by molar-refractivity contribution is -0.139. The van der Waals surface area contributed by atoms with Crippen LogP contribution in [-0.2, 0) is 9.59 Å². The number of carbonyl (C=O) groups excluding carboxylic acids is 2. The van der Waals surface area contributed by atoms with Gasteiger partial charge in [0.05, 0.1) is 0 Å². The van der Waals surface area contributed by atoms with Gasteiger partial charge in [-0.2, -0.15) is 0 Å². The predicted octanol–water partition coefficient (Wildman–Crippen LogP) is 2.51. The summed E-state index contributed by atoms with van der Waals surface area (Å²) in [5.41, 5.74) is 5.48. The number of amides is 3.